The van der Waals surface area contributed by atoms with Gasteiger partial charge in [0.25, 0.3) is 0 Å². The second-order valence-electron chi connectivity index (χ2n) is 6.77. The molecule has 0 aliphatic heterocycles. The van der Waals surface area contributed by atoms with E-state index in [4.69, 9.17) is 0 Å². The van der Waals surface area contributed by atoms with E-state index in [-0.39, 0.29) is 22.4 Å². The average Bonchev–Trinajstić information content (AvgIpc) is 2.67. The topological polar surface area (TPSA) is 17.1 Å². The molecule has 2 aromatic carbocycles. The zero-order valence-electron chi connectivity index (χ0n) is 14.8. The molecule has 0 amide bonds. The van der Waals surface area contributed by atoms with Crippen LogP contribution >= 0.6 is 11.8 Å². The van der Waals surface area contributed by atoms with Crippen LogP contribution in [0.4, 0.5) is 13.2 Å². The third-order valence-electron chi connectivity index (χ3n) is 4.81. The van der Waals surface area contributed by atoms with Gasteiger partial charge in [0.15, 0.2) is 5.78 Å². The number of allylic oxidation sites excluding steroid dienone is 1. The summed E-state index contributed by atoms with van der Waals surface area (Å²) in [6, 6.07) is 13.8. The number of hydrogen-bond donors (Lipinski definition) is 0. The van der Waals surface area contributed by atoms with Gasteiger partial charge in [-0.3, -0.25) is 4.79 Å². The van der Waals surface area contributed by atoms with E-state index in [1.807, 2.05) is 24.3 Å². The molecule has 142 valence electrons. The van der Waals surface area contributed by atoms with Crippen LogP contribution in [0.1, 0.15) is 59.5 Å². The predicted octanol–water partition coefficient (Wildman–Crippen LogP) is 7.24. The zero-order valence-corrected chi connectivity index (χ0v) is 15.7. The fourth-order valence-electron chi connectivity index (χ4n) is 3.40. The number of ketones is 1. The summed E-state index contributed by atoms with van der Waals surface area (Å²) in [7, 11) is 0. The van der Waals surface area contributed by atoms with Gasteiger partial charge in [-0.05, 0) is 59.9 Å². The maximum absolute atomic E-state index is 12.3. The predicted molar refractivity (Wildman–Crippen MR) is 104 cm³/mol. The Hall–Kier alpha value is -2.01. The summed E-state index contributed by atoms with van der Waals surface area (Å²) >= 11 is -0.147. The highest BCUT2D eigenvalue weighted by molar-refractivity contribution is 8.00. The first-order valence-corrected chi connectivity index (χ1v) is 9.90. The Labute approximate surface area is 161 Å². The van der Waals surface area contributed by atoms with Crippen LogP contribution in [0.5, 0.6) is 0 Å². The van der Waals surface area contributed by atoms with E-state index in [1.54, 1.807) is 18.2 Å². The van der Waals surface area contributed by atoms with Gasteiger partial charge in [0.05, 0.1) is 0 Å². The number of benzene rings is 2. The van der Waals surface area contributed by atoms with Gasteiger partial charge in [0.1, 0.15) is 0 Å². The Kier molecular flexibility index (Phi) is 6.42. The van der Waals surface area contributed by atoms with Crippen molar-refractivity contribution >= 4 is 23.6 Å². The number of alkyl halides is 3. The molecule has 0 atom stereocenters. The maximum atomic E-state index is 12.3. The number of thioether (sulfide) groups is 1. The fourth-order valence-corrected chi connectivity index (χ4v) is 3.94. The normalized spacial score (nSPS) is 16.0. The Morgan fingerprint density at radius 3 is 2.15 bits per heavy atom. The lowest BCUT2D eigenvalue weighted by molar-refractivity contribution is -0.0328. The molecule has 1 saturated carbocycles. The highest BCUT2D eigenvalue weighted by atomic mass is 32.2. The molecule has 1 aliphatic rings. The number of rotatable bonds is 5. The fraction of sp³-hybridized carbons (Fsp3) is 0.318. The summed E-state index contributed by atoms with van der Waals surface area (Å²) in [4.78, 5) is 12.4. The van der Waals surface area contributed by atoms with Gasteiger partial charge in [0, 0.05) is 10.5 Å². The Morgan fingerprint density at radius 2 is 1.56 bits per heavy atom. The molecule has 0 N–H and O–H groups in total. The number of carbonyl (C=O) groups excluding carboxylic acids is 1. The maximum Gasteiger partial charge on any atom is 0.446 e. The lowest BCUT2D eigenvalue weighted by atomic mass is 9.84. The smallest absolute Gasteiger partial charge is 0.289 e. The molecule has 5 heteroatoms. The van der Waals surface area contributed by atoms with E-state index in [2.05, 4.69) is 0 Å². The van der Waals surface area contributed by atoms with Crippen LogP contribution in [0.15, 0.2) is 59.5 Å². The molecule has 0 heterocycles. The third kappa shape index (κ3) is 5.99. The van der Waals surface area contributed by atoms with Crippen molar-refractivity contribution in [1.82, 2.24) is 0 Å². The Balaban J connectivity index is 1.61. The van der Waals surface area contributed by atoms with Gasteiger partial charge in [-0.2, -0.15) is 13.2 Å². The van der Waals surface area contributed by atoms with Gasteiger partial charge in [-0.1, -0.05) is 61.7 Å². The van der Waals surface area contributed by atoms with Crippen molar-refractivity contribution in [3.05, 3.63) is 71.3 Å². The minimum absolute atomic E-state index is 0.112. The molecule has 0 spiro atoms. The van der Waals surface area contributed by atoms with E-state index in [0.29, 0.717) is 17.0 Å². The lowest BCUT2D eigenvalue weighted by Crippen LogP contribution is -2.05. The minimum Gasteiger partial charge on any atom is -0.289 e. The third-order valence-corrected chi connectivity index (χ3v) is 5.55. The summed E-state index contributed by atoms with van der Waals surface area (Å²) in [6.07, 6.45) is 9.38. The highest BCUT2D eigenvalue weighted by Gasteiger charge is 2.28. The van der Waals surface area contributed by atoms with E-state index < -0.39 is 5.51 Å². The van der Waals surface area contributed by atoms with Gasteiger partial charge in [-0.25, -0.2) is 0 Å². The van der Waals surface area contributed by atoms with Crippen molar-refractivity contribution in [3.63, 3.8) is 0 Å². The standard InChI is InChI=1S/C22H21F3OS/c23-22(24,25)27-20-13-6-16(7-14-20)8-15-21(26)19-11-9-18(10-12-19)17-4-2-1-3-5-17/h6-15,17H,1-5H2. The first kappa shape index (κ1) is 19.7. The molecule has 2 aromatic rings. The van der Waals surface area contributed by atoms with Crippen molar-refractivity contribution in [2.75, 3.05) is 0 Å². The molecule has 1 nitrogen and oxygen atoms in total. The Bertz CT molecular complexity index is 786. The molecular formula is C22H21F3OS. The van der Waals surface area contributed by atoms with Crippen molar-refractivity contribution in [2.24, 2.45) is 0 Å². The summed E-state index contributed by atoms with van der Waals surface area (Å²) in [5.74, 6) is 0.491. The second kappa shape index (κ2) is 8.79. The monoisotopic (exact) mass is 390 g/mol. The molecular weight excluding hydrogens is 369 g/mol. The molecule has 3 rings (SSSR count). The summed E-state index contributed by atoms with van der Waals surface area (Å²) < 4.78 is 37.0. The minimum atomic E-state index is -4.29. The lowest BCUT2D eigenvalue weighted by Gasteiger charge is -2.21. The molecule has 0 saturated heterocycles. The zero-order chi connectivity index (χ0) is 19.3. The van der Waals surface area contributed by atoms with Gasteiger partial charge in [0.2, 0.25) is 0 Å². The quantitative estimate of drug-likeness (QED) is 0.304. The molecule has 0 bridgehead atoms. The molecule has 1 aliphatic carbocycles. The van der Waals surface area contributed by atoms with Crippen LogP contribution < -0.4 is 0 Å². The van der Waals surface area contributed by atoms with Gasteiger partial charge < -0.3 is 0 Å². The van der Waals surface area contributed by atoms with Crippen LogP contribution in [0.25, 0.3) is 6.08 Å². The van der Waals surface area contributed by atoms with Gasteiger partial charge in [-0.15, -0.1) is 0 Å². The number of hydrogen-bond acceptors (Lipinski definition) is 2. The van der Waals surface area contributed by atoms with Crippen molar-refractivity contribution < 1.29 is 18.0 Å². The van der Waals surface area contributed by atoms with Crippen molar-refractivity contribution in [2.45, 2.75) is 48.4 Å². The number of carbonyl (C=O) groups is 1. The highest BCUT2D eigenvalue weighted by Crippen LogP contribution is 2.36. The van der Waals surface area contributed by atoms with E-state index in [9.17, 15) is 18.0 Å². The first-order valence-electron chi connectivity index (χ1n) is 9.09. The van der Waals surface area contributed by atoms with Crippen molar-refractivity contribution in [3.8, 4) is 0 Å². The van der Waals surface area contributed by atoms with E-state index in [0.717, 1.165) is 0 Å². The molecule has 1 fully saturated rings. The Morgan fingerprint density at radius 1 is 0.926 bits per heavy atom. The van der Waals surface area contributed by atoms with Crippen LogP contribution in [0.2, 0.25) is 0 Å². The van der Waals surface area contributed by atoms with Crippen LogP contribution in [-0.4, -0.2) is 11.3 Å². The van der Waals surface area contributed by atoms with Crippen LogP contribution in [-0.2, 0) is 0 Å². The average molecular weight is 390 g/mol. The van der Waals surface area contributed by atoms with Gasteiger partial charge >= 0.3 is 5.51 Å². The van der Waals surface area contributed by atoms with Crippen LogP contribution in [0, 0.1) is 0 Å². The largest absolute Gasteiger partial charge is 0.446 e. The SMILES string of the molecule is O=C(C=Cc1ccc(SC(F)(F)F)cc1)c1ccc(C2CCCCC2)cc1. The van der Waals surface area contributed by atoms with Crippen molar-refractivity contribution in [1.29, 1.82) is 0 Å². The van der Waals surface area contributed by atoms with E-state index in [1.165, 1.54) is 55.9 Å². The first-order chi connectivity index (χ1) is 12.9. The molecule has 0 aromatic heterocycles. The summed E-state index contributed by atoms with van der Waals surface area (Å²) in [6.45, 7) is 0. The summed E-state index contributed by atoms with van der Waals surface area (Å²) in [5, 5.41) is 0. The molecule has 27 heavy (non-hydrogen) atoms. The molecule has 0 radical (unpaired) electrons. The summed E-state index contributed by atoms with van der Waals surface area (Å²) in [5.41, 5.74) is -1.69. The van der Waals surface area contributed by atoms with Crippen LogP contribution in [0.3, 0.4) is 0 Å². The molecule has 0 unspecified atom stereocenters. The second-order valence-corrected chi connectivity index (χ2v) is 7.91. The van der Waals surface area contributed by atoms with E-state index >= 15 is 0 Å². The number of halogens is 3.